The van der Waals surface area contributed by atoms with E-state index in [2.05, 4.69) is 146 Å². The van der Waals surface area contributed by atoms with E-state index in [1.54, 1.807) is 44.7 Å². The van der Waals surface area contributed by atoms with Gasteiger partial charge in [0.1, 0.15) is 34.1 Å². The van der Waals surface area contributed by atoms with Crippen LogP contribution in [0.5, 0.6) is 0 Å². The first-order valence-corrected chi connectivity index (χ1v) is 37.8. The number of benzene rings is 10. The van der Waals surface area contributed by atoms with Crippen molar-refractivity contribution >= 4 is 33.6 Å². The average Bonchev–Trinajstić information content (AvgIpc) is 1.62. The van der Waals surface area contributed by atoms with E-state index in [4.69, 9.17) is 25.5 Å². The molecule has 0 aliphatic carbocycles. The number of aromatic nitrogens is 6. The van der Waals surface area contributed by atoms with Crippen LogP contribution in [0.2, 0.25) is 0 Å². The smallest absolute Gasteiger partial charge is 0.335 e. The van der Waals surface area contributed by atoms with Gasteiger partial charge in [0, 0.05) is 95.9 Å². The van der Waals surface area contributed by atoms with Crippen molar-refractivity contribution < 1.29 is 33.0 Å². The van der Waals surface area contributed by atoms with Crippen LogP contribution in [0.4, 0.5) is 8.78 Å². The fourth-order valence-corrected chi connectivity index (χ4v) is 17.0. The zero-order valence-electron chi connectivity index (χ0n) is 63.1. The molecule has 2 fully saturated rings. The van der Waals surface area contributed by atoms with Crippen LogP contribution in [-0.4, -0.2) is 116 Å². The molecule has 0 amide bonds. The van der Waals surface area contributed by atoms with Gasteiger partial charge in [-0.2, -0.15) is 10.2 Å². The molecule has 6 heterocycles. The zero-order chi connectivity index (χ0) is 77.0. The van der Waals surface area contributed by atoms with Crippen molar-refractivity contribution in [2.75, 3.05) is 60.2 Å². The molecule has 0 radical (unpaired) electrons. The third kappa shape index (κ3) is 16.0. The number of rotatable bonds is 22. The number of Topliss-reactive ketones (excluding diaryl/α,β-unsaturated/α-hetero) is 1. The third-order valence-electron chi connectivity index (χ3n) is 21.8. The van der Waals surface area contributed by atoms with E-state index >= 15 is 0 Å². The Balaban J connectivity index is 0.000000157. The number of halogens is 2. The molecule has 16 heteroatoms. The molecule has 14 nitrogen and oxygen atoms in total. The first kappa shape index (κ1) is 76.0. The molecule has 14 aromatic rings. The van der Waals surface area contributed by atoms with Crippen molar-refractivity contribution in [2.45, 2.75) is 63.5 Å². The largest absolute Gasteiger partial charge is 0.478 e. The van der Waals surface area contributed by atoms with Gasteiger partial charge in [0.25, 0.3) is 0 Å². The van der Waals surface area contributed by atoms with Crippen molar-refractivity contribution in [3.8, 4) is 22.5 Å². The second kappa shape index (κ2) is 34.0. The van der Waals surface area contributed by atoms with Gasteiger partial charge < -0.3 is 14.6 Å². The Morgan fingerprint density at radius 2 is 0.820 bits per heavy atom. The SMILES string of the molecule is COCC1(Cc2ccccc2F)CCCN(CC(=O)c2ccc3c(c2)c(-c2ccnc(C)c2)nn3C(c2ccccc2)(c2ccccc2)c2ccccc2)C1.COCC1(Cc2ccccc2F)CCCN(N)C1.Cc1cc(-c2nn(C(c3ccccc3)(c3ccccc3)c3ccccc3)c3ccc(C(=O)O)cc23)ccn1. The highest BCUT2D eigenvalue weighted by Crippen LogP contribution is 2.47. The molecule has 10 aromatic carbocycles. The number of likely N-dealkylation sites (tertiary alicyclic amines) is 1. The monoisotopic (exact) mass is 1480 g/mol. The minimum Gasteiger partial charge on any atom is -0.478 e. The number of carbonyl (C=O) groups is 2. The highest BCUT2D eigenvalue weighted by Gasteiger charge is 2.44. The number of ketones is 1. The van der Waals surface area contributed by atoms with E-state index in [1.807, 2.05) is 159 Å². The van der Waals surface area contributed by atoms with E-state index in [0.717, 1.165) is 134 Å². The zero-order valence-corrected chi connectivity index (χ0v) is 63.1. The number of hydrogen-bond donors (Lipinski definition) is 2. The summed E-state index contributed by atoms with van der Waals surface area (Å²) in [4.78, 5) is 37.4. The molecule has 2 aliphatic heterocycles. The minimum atomic E-state index is -0.975. The van der Waals surface area contributed by atoms with Gasteiger partial charge in [0.15, 0.2) is 5.78 Å². The molecule has 4 aromatic heterocycles. The van der Waals surface area contributed by atoms with Crippen molar-refractivity contribution in [2.24, 2.45) is 16.7 Å². The summed E-state index contributed by atoms with van der Waals surface area (Å²) in [7, 11) is 3.39. The topological polar surface area (TPSA) is 167 Å². The van der Waals surface area contributed by atoms with Gasteiger partial charge in [-0.3, -0.25) is 25.5 Å². The Bertz CT molecular complexity index is 5300. The van der Waals surface area contributed by atoms with E-state index in [-0.39, 0.29) is 40.4 Å². The number of piperidine rings is 2. The Morgan fingerprint density at radius 1 is 0.459 bits per heavy atom. The van der Waals surface area contributed by atoms with Crippen LogP contribution in [0.15, 0.2) is 304 Å². The normalized spacial score (nSPS) is 16.1. The summed E-state index contributed by atoms with van der Waals surface area (Å²) in [6, 6.07) is 95.6. The summed E-state index contributed by atoms with van der Waals surface area (Å²) in [6.07, 6.45) is 8.69. The third-order valence-corrected chi connectivity index (χ3v) is 21.8. The second-order valence-corrected chi connectivity index (χ2v) is 29.5. The number of hydrazine groups is 1. The number of nitrogens with two attached hydrogens (primary N) is 1. The molecule has 16 rings (SSSR count). The van der Waals surface area contributed by atoms with Gasteiger partial charge in [-0.15, -0.1) is 0 Å². The minimum absolute atomic E-state index is 0.0334. The van der Waals surface area contributed by atoms with Crippen LogP contribution >= 0.6 is 0 Å². The fourth-order valence-electron chi connectivity index (χ4n) is 17.0. The molecule has 2 unspecified atom stereocenters. The number of hydrogen-bond acceptors (Lipinski definition) is 11. The first-order chi connectivity index (χ1) is 54.1. The quantitative estimate of drug-likeness (QED) is 0.0375. The van der Waals surface area contributed by atoms with Gasteiger partial charge in [0.2, 0.25) is 0 Å². The van der Waals surface area contributed by atoms with Gasteiger partial charge >= 0.3 is 5.97 Å². The molecule has 2 atom stereocenters. The van der Waals surface area contributed by atoms with Gasteiger partial charge in [0.05, 0.1) is 36.4 Å². The first-order valence-electron chi connectivity index (χ1n) is 37.8. The molecule has 3 N–H and O–H groups in total. The Hall–Kier alpha value is -11.8. The van der Waals surface area contributed by atoms with E-state index in [9.17, 15) is 23.5 Å². The Morgan fingerprint density at radius 3 is 1.19 bits per heavy atom. The number of carboxylic acids is 1. The standard InChI is InChI=1S/C48H45FN4O2.C33H25N3O2.C14H21FN2O/c1-35-29-37(25-27-50-35)46-42-30-36(45(54)32-52-28-14-26-47(33-52,34-55-2)31-38-15-12-13-22-43(38)49)23-24-44(42)53(51-46)48(39-16-6-3-7-17-39,40-18-8-4-9-19-40)41-20-10-5-11-21-41;1-23-21-24(19-20-34-23)31-29-22-25(32(37)38)17-18-30(29)36(35-31)33(26-11-5-2-6-12-26,27-13-7-3-8-14-27)28-15-9-4-10-16-28;1-18-11-14(7-4-8-17(16)10-14)9-12-5-2-3-6-13(12)15/h3-13,15-25,27,29-30H,14,26,28,31-34H2,1-2H3;2-22H,1H3,(H,37,38);2-3,5-6H,4,7-11,16H2,1H3. The summed E-state index contributed by atoms with van der Waals surface area (Å²) in [6.45, 7) is 8.40. The lowest BCUT2D eigenvalue weighted by Gasteiger charge is -2.42. The van der Waals surface area contributed by atoms with Crippen LogP contribution in [0.3, 0.4) is 0 Å². The highest BCUT2D eigenvalue weighted by molar-refractivity contribution is 6.04. The van der Waals surface area contributed by atoms with E-state index < -0.39 is 17.0 Å². The number of methoxy groups -OCH3 is 2. The van der Waals surface area contributed by atoms with Gasteiger partial charge in [-0.1, -0.05) is 218 Å². The number of aromatic carboxylic acids is 1. The second-order valence-electron chi connectivity index (χ2n) is 29.5. The maximum Gasteiger partial charge on any atom is 0.335 e. The predicted molar refractivity (Wildman–Crippen MR) is 435 cm³/mol. The molecule has 2 aliphatic rings. The summed E-state index contributed by atoms with van der Waals surface area (Å²) in [5, 5.41) is 24.1. The maximum absolute atomic E-state index is 14.8. The molecular formula is C95H91F2N9O5. The molecule has 560 valence electrons. The van der Waals surface area contributed by atoms with Gasteiger partial charge in [-0.25, -0.2) is 27.9 Å². The summed E-state index contributed by atoms with van der Waals surface area (Å²) >= 11 is 0. The summed E-state index contributed by atoms with van der Waals surface area (Å²) in [5.74, 6) is 4.64. The predicted octanol–water partition coefficient (Wildman–Crippen LogP) is 18.5. The number of ether oxygens (including phenoxy) is 2. The van der Waals surface area contributed by atoms with Gasteiger partial charge in [-0.05, 0) is 176 Å². The number of carboxylic acid groups (broad SMARTS) is 1. The van der Waals surface area contributed by atoms with E-state index in [0.29, 0.717) is 49.4 Å². The summed E-state index contributed by atoms with van der Waals surface area (Å²) < 4.78 is 43.9. The van der Waals surface area contributed by atoms with E-state index in [1.165, 1.54) is 12.1 Å². The number of aryl methyl sites for hydroxylation is 2. The highest BCUT2D eigenvalue weighted by atomic mass is 19.1. The molecule has 0 bridgehead atoms. The van der Waals surface area contributed by atoms with Crippen LogP contribution in [0.1, 0.15) is 102 Å². The van der Waals surface area contributed by atoms with Crippen molar-refractivity contribution in [3.63, 3.8) is 0 Å². The average molecular weight is 1480 g/mol. The molecule has 0 saturated carbocycles. The molecule has 2 saturated heterocycles. The lowest BCUT2D eigenvalue weighted by atomic mass is 9.75. The lowest BCUT2D eigenvalue weighted by Crippen LogP contribution is -2.49. The van der Waals surface area contributed by atoms with Crippen LogP contribution in [0.25, 0.3) is 44.3 Å². The number of carbonyl (C=O) groups excluding carboxylic acids is 1. The lowest BCUT2D eigenvalue weighted by molar-refractivity contribution is 0.0111. The molecule has 0 spiro atoms. The molecular weight excluding hydrogens is 1390 g/mol. The number of fused-ring (bicyclic) bond motifs is 2. The van der Waals surface area contributed by atoms with Crippen molar-refractivity contribution in [3.05, 3.63) is 382 Å². The van der Waals surface area contributed by atoms with Crippen LogP contribution in [0, 0.1) is 36.3 Å². The number of nitrogens with zero attached hydrogens (tertiary/aromatic N) is 8. The van der Waals surface area contributed by atoms with Crippen LogP contribution in [-0.2, 0) is 33.4 Å². The Labute approximate surface area is 647 Å². The number of pyridine rings is 2. The Kier molecular flexibility index (Phi) is 23.3. The van der Waals surface area contributed by atoms with Crippen molar-refractivity contribution in [1.29, 1.82) is 0 Å². The maximum atomic E-state index is 14.8. The summed E-state index contributed by atoms with van der Waals surface area (Å²) in [5.41, 5.74) is 13.4. The fraction of sp³-hybridized carbons (Fsp3) is 0.221. The van der Waals surface area contributed by atoms with Crippen LogP contribution < -0.4 is 5.84 Å². The molecule has 111 heavy (non-hydrogen) atoms. The van der Waals surface area contributed by atoms with Crippen molar-refractivity contribution in [1.82, 2.24) is 39.4 Å².